The van der Waals surface area contributed by atoms with Gasteiger partial charge in [-0.15, -0.1) is 0 Å². The third-order valence-electron chi connectivity index (χ3n) is 8.07. The molecule has 0 saturated carbocycles. The molecule has 0 aromatic rings. The van der Waals surface area contributed by atoms with Crippen molar-refractivity contribution < 1.29 is 14.9 Å². The largest absolute Gasteiger partial charge is 0.395 e. The lowest BCUT2D eigenvalue weighted by atomic mass is 10.1. The van der Waals surface area contributed by atoms with Crippen molar-refractivity contribution >= 4 is 0 Å². The summed E-state index contributed by atoms with van der Waals surface area (Å²) < 4.78 is 5.58. The van der Waals surface area contributed by atoms with E-state index in [4.69, 9.17) is 4.74 Å². The highest BCUT2D eigenvalue weighted by Crippen LogP contribution is 2.12. The van der Waals surface area contributed by atoms with Gasteiger partial charge in [-0.2, -0.15) is 0 Å². The van der Waals surface area contributed by atoms with Crippen LogP contribution in [0.1, 0.15) is 174 Å². The number of aliphatic hydroxyl groups excluding tert-OH is 2. The lowest BCUT2D eigenvalue weighted by Gasteiger charge is -2.21. The lowest BCUT2D eigenvalue weighted by molar-refractivity contribution is -0.105. The van der Waals surface area contributed by atoms with Gasteiger partial charge in [0.15, 0.2) is 6.29 Å². The Labute approximate surface area is 257 Å². The SMILES string of the molecule is CCCCC/C=C\C/C=C\CCCCCCCCN(CCO)CCCCCCCC(O)OCCCCCCCCC. The molecule has 0 radical (unpaired) electrons. The van der Waals surface area contributed by atoms with Crippen LogP contribution >= 0.6 is 0 Å². The first kappa shape index (κ1) is 40.3. The molecule has 4 heteroatoms. The monoisotopic (exact) mass is 580 g/mol. The van der Waals surface area contributed by atoms with Crippen molar-refractivity contribution in [3.05, 3.63) is 24.3 Å². The van der Waals surface area contributed by atoms with E-state index in [0.717, 1.165) is 45.3 Å². The zero-order valence-electron chi connectivity index (χ0n) is 27.8. The molecule has 0 aliphatic rings. The van der Waals surface area contributed by atoms with Gasteiger partial charge in [-0.3, -0.25) is 0 Å². The minimum Gasteiger partial charge on any atom is -0.395 e. The van der Waals surface area contributed by atoms with Crippen molar-refractivity contribution in [2.24, 2.45) is 0 Å². The van der Waals surface area contributed by atoms with Crippen molar-refractivity contribution in [1.82, 2.24) is 4.90 Å². The maximum absolute atomic E-state index is 10.0. The van der Waals surface area contributed by atoms with Crippen molar-refractivity contribution in [2.75, 3.05) is 32.8 Å². The van der Waals surface area contributed by atoms with Gasteiger partial charge in [-0.25, -0.2) is 0 Å². The average molecular weight is 580 g/mol. The minimum atomic E-state index is -0.579. The number of aliphatic hydroxyl groups is 2. The number of ether oxygens (including phenoxy) is 1. The Bertz CT molecular complexity index is 536. The molecule has 0 aliphatic carbocycles. The van der Waals surface area contributed by atoms with Crippen LogP contribution in [0.4, 0.5) is 0 Å². The van der Waals surface area contributed by atoms with Gasteiger partial charge in [0.25, 0.3) is 0 Å². The van der Waals surface area contributed by atoms with Crippen molar-refractivity contribution in [3.63, 3.8) is 0 Å². The Morgan fingerprint density at radius 3 is 1.59 bits per heavy atom. The third kappa shape index (κ3) is 33.7. The van der Waals surface area contributed by atoms with Gasteiger partial charge in [0.1, 0.15) is 0 Å². The highest BCUT2D eigenvalue weighted by atomic mass is 16.6. The molecular formula is C37H73NO3. The second-order valence-corrected chi connectivity index (χ2v) is 12.2. The summed E-state index contributed by atoms with van der Waals surface area (Å²) in [7, 11) is 0. The first-order valence-corrected chi connectivity index (χ1v) is 18.2. The molecule has 0 aromatic heterocycles. The molecule has 244 valence electrons. The molecule has 0 heterocycles. The Kier molecular flexibility index (Phi) is 34.9. The standard InChI is InChI=1S/C37H73NO3/c1-3-5-7-9-11-12-13-14-15-16-17-18-19-20-24-28-32-38(34-35-39)33-29-25-22-23-27-31-37(40)41-36-30-26-21-10-8-6-4-2/h11-12,14-15,37,39-40H,3-10,13,16-36H2,1-2H3/b12-11-,15-14-. The van der Waals surface area contributed by atoms with Crippen molar-refractivity contribution in [3.8, 4) is 0 Å². The van der Waals surface area contributed by atoms with E-state index in [0.29, 0.717) is 6.61 Å². The first-order valence-electron chi connectivity index (χ1n) is 18.2. The lowest BCUT2D eigenvalue weighted by Crippen LogP contribution is -2.29. The van der Waals surface area contributed by atoms with Gasteiger partial charge in [0, 0.05) is 13.2 Å². The fraction of sp³-hybridized carbons (Fsp3) is 0.892. The maximum atomic E-state index is 10.0. The van der Waals surface area contributed by atoms with E-state index >= 15 is 0 Å². The molecule has 1 atom stereocenters. The predicted octanol–water partition coefficient (Wildman–Crippen LogP) is 10.5. The molecule has 0 amide bonds. The molecule has 4 nitrogen and oxygen atoms in total. The normalized spacial score (nSPS) is 12.9. The summed E-state index contributed by atoms with van der Waals surface area (Å²) in [5, 5.41) is 19.5. The summed E-state index contributed by atoms with van der Waals surface area (Å²) in [6.07, 6.45) is 39.8. The van der Waals surface area contributed by atoms with Crippen molar-refractivity contribution in [2.45, 2.75) is 181 Å². The number of hydrogen-bond acceptors (Lipinski definition) is 4. The van der Waals surface area contributed by atoms with Crippen molar-refractivity contribution in [1.29, 1.82) is 0 Å². The van der Waals surface area contributed by atoms with Gasteiger partial charge >= 0.3 is 0 Å². The number of nitrogens with zero attached hydrogens (tertiary/aromatic N) is 1. The highest BCUT2D eigenvalue weighted by Gasteiger charge is 2.06. The molecule has 41 heavy (non-hydrogen) atoms. The second-order valence-electron chi connectivity index (χ2n) is 12.2. The van der Waals surface area contributed by atoms with E-state index < -0.39 is 6.29 Å². The van der Waals surface area contributed by atoms with E-state index in [9.17, 15) is 10.2 Å². The predicted molar refractivity (Wildman–Crippen MR) is 181 cm³/mol. The number of unbranched alkanes of at least 4 members (excludes halogenated alkanes) is 19. The molecule has 0 rings (SSSR count). The molecule has 0 saturated heterocycles. The van der Waals surface area contributed by atoms with Crippen LogP contribution in [0.25, 0.3) is 0 Å². The quantitative estimate of drug-likeness (QED) is 0.0452. The van der Waals surface area contributed by atoms with Gasteiger partial charge in [-0.05, 0) is 77.3 Å². The van der Waals surface area contributed by atoms with Crippen LogP contribution < -0.4 is 0 Å². The van der Waals surface area contributed by atoms with Crippen LogP contribution in [0, 0.1) is 0 Å². The topological polar surface area (TPSA) is 52.9 Å². The fourth-order valence-corrected chi connectivity index (χ4v) is 5.35. The highest BCUT2D eigenvalue weighted by molar-refractivity contribution is 4.92. The van der Waals surface area contributed by atoms with Gasteiger partial charge in [-0.1, -0.05) is 134 Å². The zero-order chi connectivity index (χ0) is 29.9. The molecule has 1 unspecified atom stereocenters. The Morgan fingerprint density at radius 2 is 1.00 bits per heavy atom. The zero-order valence-corrected chi connectivity index (χ0v) is 27.8. The summed E-state index contributed by atoms with van der Waals surface area (Å²) in [6.45, 7) is 8.51. The van der Waals surface area contributed by atoms with E-state index in [-0.39, 0.29) is 6.61 Å². The van der Waals surface area contributed by atoms with Gasteiger partial charge in [0.05, 0.1) is 6.61 Å². The second kappa shape index (κ2) is 35.5. The Morgan fingerprint density at radius 1 is 0.537 bits per heavy atom. The molecule has 0 spiro atoms. The molecular weight excluding hydrogens is 506 g/mol. The summed E-state index contributed by atoms with van der Waals surface area (Å²) >= 11 is 0. The molecule has 0 aromatic carbocycles. The van der Waals surface area contributed by atoms with E-state index in [1.54, 1.807) is 0 Å². The van der Waals surface area contributed by atoms with Crippen LogP contribution in [0.2, 0.25) is 0 Å². The van der Waals surface area contributed by atoms with Crippen LogP contribution in [0.15, 0.2) is 24.3 Å². The molecule has 0 bridgehead atoms. The van der Waals surface area contributed by atoms with E-state index in [2.05, 4.69) is 43.1 Å². The first-order chi connectivity index (χ1) is 20.2. The van der Waals surface area contributed by atoms with Crippen LogP contribution in [-0.2, 0) is 4.74 Å². The minimum absolute atomic E-state index is 0.263. The maximum Gasteiger partial charge on any atom is 0.154 e. The summed E-state index contributed by atoms with van der Waals surface area (Å²) in [5.74, 6) is 0. The molecule has 0 aliphatic heterocycles. The number of rotatable bonds is 34. The Balaban J connectivity index is 3.52. The van der Waals surface area contributed by atoms with E-state index in [1.165, 1.54) is 135 Å². The van der Waals surface area contributed by atoms with E-state index in [1.807, 2.05) is 0 Å². The van der Waals surface area contributed by atoms with Gasteiger partial charge in [0.2, 0.25) is 0 Å². The summed E-state index contributed by atoms with van der Waals surface area (Å²) in [6, 6.07) is 0. The van der Waals surface area contributed by atoms with Crippen LogP contribution in [-0.4, -0.2) is 54.3 Å². The average Bonchev–Trinajstić information content (AvgIpc) is 2.97. The number of hydrogen-bond donors (Lipinski definition) is 2. The third-order valence-corrected chi connectivity index (χ3v) is 8.07. The summed E-state index contributed by atoms with van der Waals surface area (Å²) in [4.78, 5) is 2.45. The Hall–Kier alpha value is -0.680. The smallest absolute Gasteiger partial charge is 0.154 e. The van der Waals surface area contributed by atoms with Gasteiger partial charge < -0.3 is 19.8 Å². The molecule has 2 N–H and O–H groups in total. The van der Waals surface area contributed by atoms with Crippen LogP contribution in [0.5, 0.6) is 0 Å². The molecule has 0 fully saturated rings. The number of allylic oxidation sites excluding steroid dienone is 4. The van der Waals surface area contributed by atoms with Crippen LogP contribution in [0.3, 0.4) is 0 Å². The fourth-order valence-electron chi connectivity index (χ4n) is 5.35. The summed E-state index contributed by atoms with van der Waals surface area (Å²) in [5.41, 5.74) is 0.